The lowest BCUT2D eigenvalue weighted by Crippen LogP contribution is -2.15. The van der Waals surface area contributed by atoms with E-state index in [1.807, 2.05) is 13.8 Å². The van der Waals surface area contributed by atoms with Gasteiger partial charge in [0, 0.05) is 5.56 Å². The molecule has 0 saturated carbocycles. The lowest BCUT2D eigenvalue weighted by molar-refractivity contribution is 0.0696. The molecule has 0 fully saturated rings. The second-order valence-corrected chi connectivity index (χ2v) is 8.34. The normalized spacial score (nSPS) is 11.3. The predicted molar refractivity (Wildman–Crippen MR) is 101 cm³/mol. The molecule has 0 unspecified atom stereocenters. The largest absolute Gasteiger partial charge is 0.489 e. The minimum atomic E-state index is -3.35. The zero-order valence-electron chi connectivity index (χ0n) is 15.2. The smallest absolute Gasteiger partial charge is 0.335 e. The quantitative estimate of drug-likeness (QED) is 0.750. The third kappa shape index (κ3) is 5.07. The minimum absolute atomic E-state index is 0.00536. The molecule has 0 bridgehead atoms. The van der Waals surface area contributed by atoms with Gasteiger partial charge in [-0.15, -0.1) is 0 Å². The van der Waals surface area contributed by atoms with E-state index in [2.05, 4.69) is 5.32 Å². The number of carboxylic acid groups (broad SMARTS) is 1. The maximum atomic E-state index is 12.5. The molecule has 0 radical (unpaired) electrons. The van der Waals surface area contributed by atoms with E-state index in [1.54, 1.807) is 6.92 Å². The van der Waals surface area contributed by atoms with Crippen molar-refractivity contribution in [2.24, 2.45) is 0 Å². The van der Waals surface area contributed by atoms with Crippen LogP contribution in [-0.4, -0.2) is 37.3 Å². The Morgan fingerprint density at radius 2 is 1.67 bits per heavy atom. The van der Waals surface area contributed by atoms with Crippen LogP contribution in [0.4, 0.5) is 5.69 Å². The van der Waals surface area contributed by atoms with Crippen molar-refractivity contribution in [1.29, 1.82) is 0 Å². The van der Waals surface area contributed by atoms with Crippen molar-refractivity contribution in [2.75, 3.05) is 11.1 Å². The van der Waals surface area contributed by atoms with Crippen LogP contribution in [0.3, 0.4) is 0 Å². The van der Waals surface area contributed by atoms with E-state index in [0.717, 1.165) is 0 Å². The maximum Gasteiger partial charge on any atom is 0.335 e. The fourth-order valence-corrected chi connectivity index (χ4v) is 3.18. The maximum absolute atomic E-state index is 12.5. The highest BCUT2D eigenvalue weighted by Crippen LogP contribution is 2.27. The molecule has 0 aromatic heterocycles. The SMILES string of the molecule is CCS(=O)(=O)c1ccc(C(=O)Nc2cc(C(=O)O)ccc2OC(C)C)cc1. The number of ether oxygens (including phenoxy) is 1. The number of hydrogen-bond donors (Lipinski definition) is 2. The summed E-state index contributed by atoms with van der Waals surface area (Å²) in [6.07, 6.45) is -0.171. The van der Waals surface area contributed by atoms with E-state index in [4.69, 9.17) is 9.84 Å². The van der Waals surface area contributed by atoms with E-state index >= 15 is 0 Å². The Bertz CT molecular complexity index is 949. The van der Waals surface area contributed by atoms with Gasteiger partial charge in [-0.3, -0.25) is 4.79 Å². The first-order valence-corrected chi connectivity index (χ1v) is 9.97. The van der Waals surface area contributed by atoms with Crippen molar-refractivity contribution in [2.45, 2.75) is 31.8 Å². The van der Waals surface area contributed by atoms with Crippen LogP contribution in [0.25, 0.3) is 0 Å². The second kappa shape index (κ2) is 8.22. The Morgan fingerprint density at radius 3 is 2.19 bits per heavy atom. The number of carbonyl (C=O) groups is 2. The van der Waals surface area contributed by atoms with E-state index in [1.165, 1.54) is 42.5 Å². The van der Waals surface area contributed by atoms with E-state index in [0.29, 0.717) is 5.75 Å². The molecule has 7 nitrogen and oxygen atoms in total. The molecule has 0 aliphatic rings. The van der Waals surface area contributed by atoms with Gasteiger partial charge >= 0.3 is 5.97 Å². The van der Waals surface area contributed by atoms with Crippen LogP contribution in [0, 0.1) is 0 Å². The Balaban J connectivity index is 2.31. The summed E-state index contributed by atoms with van der Waals surface area (Å²) in [5.41, 5.74) is 0.464. The van der Waals surface area contributed by atoms with Gasteiger partial charge in [0.1, 0.15) is 5.75 Å². The molecule has 2 aromatic carbocycles. The van der Waals surface area contributed by atoms with Crippen LogP contribution in [0.2, 0.25) is 0 Å². The molecule has 27 heavy (non-hydrogen) atoms. The van der Waals surface area contributed by atoms with Gasteiger partial charge in [0.15, 0.2) is 9.84 Å². The Morgan fingerprint density at radius 1 is 1.07 bits per heavy atom. The van der Waals surface area contributed by atoms with Gasteiger partial charge < -0.3 is 15.2 Å². The van der Waals surface area contributed by atoms with Gasteiger partial charge in [0.2, 0.25) is 0 Å². The zero-order chi connectivity index (χ0) is 20.2. The van der Waals surface area contributed by atoms with Crippen molar-refractivity contribution in [1.82, 2.24) is 0 Å². The van der Waals surface area contributed by atoms with E-state index in [9.17, 15) is 18.0 Å². The molecule has 8 heteroatoms. The highest BCUT2D eigenvalue weighted by Gasteiger charge is 2.16. The summed E-state index contributed by atoms with van der Waals surface area (Å²) in [6, 6.07) is 9.73. The van der Waals surface area contributed by atoms with E-state index < -0.39 is 21.7 Å². The van der Waals surface area contributed by atoms with Crippen LogP contribution in [0.1, 0.15) is 41.5 Å². The van der Waals surface area contributed by atoms with Gasteiger partial charge in [-0.25, -0.2) is 13.2 Å². The van der Waals surface area contributed by atoms with Crippen LogP contribution in [0.5, 0.6) is 5.75 Å². The van der Waals surface area contributed by atoms with Gasteiger partial charge in [-0.2, -0.15) is 0 Å². The molecule has 2 N–H and O–H groups in total. The zero-order valence-corrected chi connectivity index (χ0v) is 16.0. The standard InChI is InChI=1S/C19H21NO6S/c1-4-27(24,25)15-8-5-13(6-9-15)18(21)20-16-11-14(19(22)23)7-10-17(16)26-12(2)3/h5-12H,4H2,1-3H3,(H,20,21)(H,22,23). The topological polar surface area (TPSA) is 110 Å². The van der Waals surface area contributed by atoms with Gasteiger partial charge in [0.05, 0.1) is 28.0 Å². The summed E-state index contributed by atoms with van der Waals surface area (Å²) in [7, 11) is -3.35. The fraction of sp³-hybridized carbons (Fsp3) is 0.263. The van der Waals surface area contributed by atoms with Crippen molar-refractivity contribution >= 4 is 27.4 Å². The van der Waals surface area contributed by atoms with Crippen molar-refractivity contribution in [3.63, 3.8) is 0 Å². The van der Waals surface area contributed by atoms with Gasteiger partial charge in [-0.05, 0) is 56.3 Å². The number of carboxylic acids is 1. The van der Waals surface area contributed by atoms with Crippen LogP contribution in [-0.2, 0) is 9.84 Å². The molecule has 0 spiro atoms. The average molecular weight is 391 g/mol. The average Bonchev–Trinajstić information content (AvgIpc) is 2.62. The molecule has 144 valence electrons. The first-order chi connectivity index (χ1) is 12.6. The number of benzene rings is 2. The number of aromatic carboxylic acids is 1. The molecule has 0 atom stereocenters. The predicted octanol–water partition coefficient (Wildman–Crippen LogP) is 3.22. The summed E-state index contributed by atoms with van der Waals surface area (Å²) >= 11 is 0. The molecule has 0 heterocycles. The first kappa shape index (κ1) is 20.4. The van der Waals surface area contributed by atoms with Crippen molar-refractivity contribution < 1.29 is 27.9 Å². The van der Waals surface area contributed by atoms with Gasteiger partial charge in [0.25, 0.3) is 5.91 Å². The van der Waals surface area contributed by atoms with Crippen molar-refractivity contribution in [3.05, 3.63) is 53.6 Å². The number of amides is 1. The number of hydrogen-bond acceptors (Lipinski definition) is 5. The molecule has 2 aromatic rings. The minimum Gasteiger partial charge on any atom is -0.489 e. The summed E-state index contributed by atoms with van der Waals surface area (Å²) < 4.78 is 29.3. The summed E-state index contributed by atoms with van der Waals surface area (Å²) in [6.45, 7) is 5.16. The Hall–Kier alpha value is -2.87. The van der Waals surface area contributed by atoms with Gasteiger partial charge in [-0.1, -0.05) is 6.92 Å². The summed E-state index contributed by atoms with van der Waals surface area (Å²) in [5.74, 6) is -1.33. The van der Waals surface area contributed by atoms with Crippen LogP contribution < -0.4 is 10.1 Å². The number of anilines is 1. The molecule has 0 saturated heterocycles. The summed E-state index contributed by atoms with van der Waals surface area (Å²) in [5, 5.41) is 11.8. The van der Waals surface area contributed by atoms with Crippen LogP contribution >= 0.6 is 0 Å². The molecule has 2 rings (SSSR count). The highest BCUT2D eigenvalue weighted by atomic mass is 32.2. The molecular weight excluding hydrogens is 370 g/mol. The number of rotatable bonds is 7. The van der Waals surface area contributed by atoms with E-state index in [-0.39, 0.29) is 33.6 Å². The Kier molecular flexibility index (Phi) is 6.22. The number of carbonyl (C=O) groups excluding carboxylic acids is 1. The summed E-state index contributed by atoms with van der Waals surface area (Å²) in [4.78, 5) is 23.8. The van der Waals surface area contributed by atoms with Crippen LogP contribution in [0.15, 0.2) is 47.4 Å². The van der Waals surface area contributed by atoms with Crippen molar-refractivity contribution in [3.8, 4) is 5.75 Å². The number of sulfone groups is 1. The Labute approximate surface area is 157 Å². The molecular formula is C19H21NO6S. The lowest BCUT2D eigenvalue weighted by atomic mass is 10.1. The third-order valence-corrected chi connectivity index (χ3v) is 5.44. The first-order valence-electron chi connectivity index (χ1n) is 8.32. The second-order valence-electron chi connectivity index (χ2n) is 6.06. The third-order valence-electron chi connectivity index (χ3n) is 3.69. The molecule has 0 aliphatic heterocycles. The lowest BCUT2D eigenvalue weighted by Gasteiger charge is -2.15. The monoisotopic (exact) mass is 391 g/mol. The number of nitrogens with one attached hydrogen (secondary N) is 1. The molecule has 1 amide bonds. The fourth-order valence-electron chi connectivity index (χ4n) is 2.29. The molecule has 0 aliphatic carbocycles. The highest BCUT2D eigenvalue weighted by molar-refractivity contribution is 7.91.